The molecule has 1 aromatic carbocycles. The number of esters is 1. The summed E-state index contributed by atoms with van der Waals surface area (Å²) in [5.41, 5.74) is 0.0232. The summed E-state index contributed by atoms with van der Waals surface area (Å²) in [4.78, 5) is 68.4. The number of aromatic amines is 1. The second-order valence-corrected chi connectivity index (χ2v) is 12.5. The van der Waals surface area contributed by atoms with Gasteiger partial charge in [-0.2, -0.15) is 0 Å². The number of β-lactam (4-membered cyclic amide) rings is 1. The number of nitrogens with zero attached hydrogens (tertiary/aromatic N) is 3. The number of alkyl carbamates (subject to hydrolysis) is 1. The highest BCUT2D eigenvalue weighted by atomic mass is 32.2. The van der Waals surface area contributed by atoms with Gasteiger partial charge in [-0.1, -0.05) is 42.1 Å². The van der Waals surface area contributed by atoms with E-state index in [0.29, 0.717) is 22.1 Å². The van der Waals surface area contributed by atoms with Crippen LogP contribution in [0.2, 0.25) is 0 Å². The molecule has 0 radical (unpaired) electrons. The van der Waals surface area contributed by atoms with Crippen LogP contribution in [0.5, 0.6) is 0 Å². The maximum Gasteiger partial charge on any atom is 0.408 e. The van der Waals surface area contributed by atoms with Gasteiger partial charge >= 0.3 is 18.0 Å². The molecule has 0 aliphatic carbocycles. The summed E-state index contributed by atoms with van der Waals surface area (Å²) < 4.78 is 10.2. The Hall–Kier alpha value is -4.05. The van der Waals surface area contributed by atoms with Gasteiger partial charge in [0.1, 0.15) is 41.0 Å². The Bertz CT molecular complexity index is 1420. The minimum absolute atomic E-state index is 0.0736. The third-order valence-corrected chi connectivity index (χ3v) is 8.38. The second-order valence-electron chi connectivity index (χ2n) is 10.5. The number of thioether (sulfide) groups is 2. The highest BCUT2D eigenvalue weighted by molar-refractivity contribution is 8.01. The molecular weight excluding hydrogens is 600 g/mol. The number of nitrogens with one attached hydrogen (secondary N) is 3. The molecule has 43 heavy (non-hydrogen) atoms. The van der Waals surface area contributed by atoms with Gasteiger partial charge in [-0.05, 0) is 38.8 Å². The average molecular weight is 633 g/mol. The Labute approximate surface area is 255 Å². The van der Waals surface area contributed by atoms with Gasteiger partial charge in [-0.25, -0.2) is 14.6 Å². The molecule has 3 atom stereocenters. The van der Waals surface area contributed by atoms with Crippen molar-refractivity contribution >= 4 is 53.4 Å². The number of carboxylic acid groups (broad SMARTS) is 1. The van der Waals surface area contributed by atoms with Gasteiger partial charge < -0.3 is 25.2 Å². The molecule has 230 valence electrons. The maximum atomic E-state index is 13.4. The lowest BCUT2D eigenvalue weighted by Gasteiger charge is -2.49. The van der Waals surface area contributed by atoms with Crippen LogP contribution in [-0.4, -0.2) is 90.2 Å². The van der Waals surface area contributed by atoms with E-state index in [1.54, 1.807) is 58.0 Å². The summed E-state index contributed by atoms with van der Waals surface area (Å²) in [6.07, 6.45) is -0.877. The average Bonchev–Trinajstić information content (AvgIpc) is 3.39. The quantitative estimate of drug-likeness (QED) is 0.160. The summed E-state index contributed by atoms with van der Waals surface area (Å²) >= 11 is 2.47. The summed E-state index contributed by atoms with van der Waals surface area (Å²) in [7, 11) is 0. The standard InChI is InChI=1S/C27H32N6O8S2/c1-5-40-17(34)11-16-28-25(32-31-16)43-13-15-12-42-23-19(22(36)33(23)20(15)24(37)38)29-21(35)18(14-9-7-6-8-10-14)30-26(39)41-27(2,3)4/h6-10,18-19,23H,5,11-13H2,1-4H3,(H,29,35)(H,30,39)(H,37,38)(H,28,31,32)/t18?,19?,23-/m0/s1. The highest BCUT2D eigenvalue weighted by Gasteiger charge is 2.54. The van der Waals surface area contributed by atoms with Crippen molar-refractivity contribution in [2.75, 3.05) is 18.1 Å². The fourth-order valence-corrected chi connectivity index (χ4v) is 6.63. The molecule has 16 heteroatoms. The van der Waals surface area contributed by atoms with E-state index in [4.69, 9.17) is 9.47 Å². The number of amides is 3. The number of carbonyl (C=O) groups is 5. The van der Waals surface area contributed by atoms with E-state index in [2.05, 4.69) is 25.8 Å². The van der Waals surface area contributed by atoms with Gasteiger partial charge in [0.25, 0.3) is 5.91 Å². The van der Waals surface area contributed by atoms with Crippen molar-refractivity contribution in [3.63, 3.8) is 0 Å². The van der Waals surface area contributed by atoms with Gasteiger partial charge in [0, 0.05) is 11.5 Å². The summed E-state index contributed by atoms with van der Waals surface area (Å²) in [6, 6.07) is 6.36. The van der Waals surface area contributed by atoms with Crippen molar-refractivity contribution in [2.45, 2.75) is 62.3 Å². The van der Waals surface area contributed by atoms with Gasteiger partial charge in [-0.15, -0.1) is 16.9 Å². The smallest absolute Gasteiger partial charge is 0.408 e. The first-order valence-corrected chi connectivity index (χ1v) is 15.4. The Morgan fingerprint density at radius 3 is 2.60 bits per heavy atom. The fourth-order valence-electron chi connectivity index (χ4n) is 4.32. The number of H-pyrrole nitrogens is 1. The number of benzene rings is 1. The van der Waals surface area contributed by atoms with Gasteiger partial charge in [0.05, 0.1) is 6.61 Å². The van der Waals surface area contributed by atoms with Gasteiger partial charge in [-0.3, -0.25) is 24.4 Å². The van der Waals surface area contributed by atoms with E-state index in [1.165, 1.54) is 16.7 Å². The largest absolute Gasteiger partial charge is 0.477 e. The predicted molar refractivity (Wildman–Crippen MR) is 156 cm³/mol. The van der Waals surface area contributed by atoms with E-state index in [0.717, 1.165) is 11.8 Å². The van der Waals surface area contributed by atoms with Crippen molar-refractivity contribution in [3.8, 4) is 0 Å². The van der Waals surface area contributed by atoms with Crippen molar-refractivity contribution in [2.24, 2.45) is 0 Å². The normalized spacial score (nSPS) is 18.7. The molecule has 3 amide bonds. The molecule has 4 rings (SSSR count). The lowest BCUT2D eigenvalue weighted by atomic mass is 10.0. The zero-order valence-corrected chi connectivity index (χ0v) is 25.5. The molecule has 1 aromatic heterocycles. The molecule has 3 heterocycles. The SMILES string of the molecule is CCOC(=O)Cc1nc(SCC2=C(C(=O)O)N3C(=O)C(NC(=O)C(NC(=O)OC(C)(C)C)c4ccccc4)[C@@H]3SC2)n[nH]1. The lowest BCUT2D eigenvalue weighted by molar-refractivity contribution is -0.151. The van der Waals surface area contributed by atoms with Crippen LogP contribution in [0.4, 0.5) is 4.79 Å². The zero-order chi connectivity index (χ0) is 31.3. The van der Waals surface area contributed by atoms with Crippen LogP contribution in [-0.2, 0) is 35.1 Å². The van der Waals surface area contributed by atoms with Gasteiger partial charge in [0.15, 0.2) is 0 Å². The predicted octanol–water partition coefficient (Wildman–Crippen LogP) is 2.01. The van der Waals surface area contributed by atoms with Crippen molar-refractivity contribution in [1.29, 1.82) is 0 Å². The number of aliphatic carboxylic acids is 1. The van der Waals surface area contributed by atoms with E-state index in [1.807, 2.05) is 0 Å². The van der Waals surface area contributed by atoms with E-state index in [-0.39, 0.29) is 30.2 Å². The van der Waals surface area contributed by atoms with Crippen LogP contribution >= 0.6 is 23.5 Å². The van der Waals surface area contributed by atoms with E-state index < -0.39 is 52.9 Å². The van der Waals surface area contributed by atoms with Crippen molar-refractivity contribution < 1.29 is 38.6 Å². The highest BCUT2D eigenvalue weighted by Crippen LogP contribution is 2.41. The van der Waals surface area contributed by atoms with Crippen molar-refractivity contribution in [1.82, 2.24) is 30.7 Å². The zero-order valence-electron chi connectivity index (χ0n) is 23.9. The Kier molecular flexibility index (Phi) is 10.0. The molecule has 2 aliphatic rings. The number of aromatic nitrogens is 3. The lowest BCUT2D eigenvalue weighted by Crippen LogP contribution is -2.71. The van der Waals surface area contributed by atoms with E-state index in [9.17, 15) is 29.1 Å². The fraction of sp³-hybridized carbons (Fsp3) is 0.444. The second kappa shape index (κ2) is 13.5. The van der Waals surface area contributed by atoms with Crippen molar-refractivity contribution in [3.05, 3.63) is 53.0 Å². The molecule has 1 fully saturated rings. The third kappa shape index (κ3) is 7.87. The van der Waals surface area contributed by atoms with E-state index >= 15 is 0 Å². The summed E-state index contributed by atoms with van der Waals surface area (Å²) in [6.45, 7) is 7.03. The third-order valence-electron chi connectivity index (χ3n) is 6.11. The molecule has 2 aliphatic heterocycles. The molecule has 2 aromatic rings. The molecule has 14 nitrogen and oxygen atoms in total. The molecule has 0 saturated carbocycles. The minimum atomic E-state index is -1.27. The minimum Gasteiger partial charge on any atom is -0.477 e. The summed E-state index contributed by atoms with van der Waals surface area (Å²) in [5.74, 6) is -2.15. The number of hydrogen-bond acceptors (Lipinski definition) is 11. The molecule has 0 bridgehead atoms. The van der Waals surface area contributed by atoms with Gasteiger partial charge in [0.2, 0.25) is 11.1 Å². The monoisotopic (exact) mass is 632 g/mol. The molecule has 0 spiro atoms. The Morgan fingerprint density at radius 1 is 1.23 bits per heavy atom. The molecule has 2 unspecified atom stereocenters. The molecule has 4 N–H and O–H groups in total. The van der Waals surface area contributed by atoms with Crippen LogP contribution in [0.1, 0.15) is 45.1 Å². The molecule has 1 saturated heterocycles. The topological polar surface area (TPSA) is 193 Å². The van der Waals surface area contributed by atoms with Crippen LogP contribution < -0.4 is 10.6 Å². The summed E-state index contributed by atoms with van der Waals surface area (Å²) in [5, 5.41) is 21.6. The first kappa shape index (κ1) is 31.9. The number of carboxylic acids is 1. The number of ether oxygens (including phenoxy) is 2. The van der Waals surface area contributed by atoms with Crippen LogP contribution in [0.25, 0.3) is 0 Å². The molecular formula is C27H32N6O8S2. The first-order valence-electron chi connectivity index (χ1n) is 13.3. The number of hydrogen-bond donors (Lipinski definition) is 4. The maximum absolute atomic E-state index is 13.4. The first-order chi connectivity index (χ1) is 20.4. The van der Waals surface area contributed by atoms with Crippen LogP contribution in [0.3, 0.4) is 0 Å². The Morgan fingerprint density at radius 2 is 1.95 bits per heavy atom. The number of fused-ring (bicyclic) bond motifs is 1. The number of rotatable bonds is 11. The number of carbonyl (C=O) groups excluding carboxylic acids is 4. The van der Waals surface area contributed by atoms with Crippen LogP contribution in [0.15, 0.2) is 46.8 Å². The Balaban J connectivity index is 1.43. The van der Waals surface area contributed by atoms with Crippen LogP contribution in [0, 0.1) is 0 Å².